The van der Waals surface area contributed by atoms with Crippen LogP contribution in [0.2, 0.25) is 0 Å². The maximum Gasteiger partial charge on any atom is 0.257 e. The number of aromatic hydroxyl groups is 1. The molecule has 0 heterocycles. The molecule has 0 atom stereocenters. The van der Waals surface area contributed by atoms with E-state index in [-0.39, 0.29) is 11.7 Å². The number of anilines is 2. The lowest BCUT2D eigenvalue weighted by molar-refractivity contribution is 0.102. The Bertz CT molecular complexity index is 599. The van der Waals surface area contributed by atoms with Crippen molar-refractivity contribution < 1.29 is 9.90 Å². The number of carbonyl (C=O) groups excluding carboxylic acids is 1. The fourth-order valence-corrected chi connectivity index (χ4v) is 1.88. The number of phenols is 1. The predicted molar refractivity (Wildman–Crippen MR) is 74.6 cm³/mol. The van der Waals surface area contributed by atoms with E-state index in [0.717, 1.165) is 0 Å². The van der Waals surface area contributed by atoms with Gasteiger partial charge in [0.2, 0.25) is 0 Å². The predicted octanol–water partition coefficient (Wildman–Crippen LogP) is 2.99. The number of hydrogen-bond acceptors (Lipinski definition) is 3. The molecule has 0 aliphatic carbocycles. The van der Waals surface area contributed by atoms with E-state index in [0.29, 0.717) is 21.4 Å². The van der Waals surface area contributed by atoms with Gasteiger partial charge >= 0.3 is 0 Å². The lowest BCUT2D eigenvalue weighted by Crippen LogP contribution is -2.14. The molecule has 0 unspecified atom stereocenters. The Morgan fingerprint density at radius 1 is 1.17 bits per heavy atom. The average molecular weight is 307 g/mol. The second kappa shape index (κ2) is 5.10. The van der Waals surface area contributed by atoms with Gasteiger partial charge in [-0.3, -0.25) is 4.79 Å². The molecule has 4 nitrogen and oxygen atoms in total. The van der Waals surface area contributed by atoms with Crippen LogP contribution < -0.4 is 11.1 Å². The van der Waals surface area contributed by atoms with Crippen LogP contribution in [0.3, 0.4) is 0 Å². The van der Waals surface area contributed by atoms with Gasteiger partial charge in [0.05, 0.1) is 15.7 Å². The molecule has 2 rings (SSSR count). The van der Waals surface area contributed by atoms with E-state index in [1.165, 1.54) is 0 Å². The minimum absolute atomic E-state index is 0.0136. The van der Waals surface area contributed by atoms with Crippen LogP contribution in [0.5, 0.6) is 5.75 Å². The van der Waals surface area contributed by atoms with Crippen LogP contribution in [0, 0.1) is 0 Å². The third-order valence-corrected chi connectivity index (χ3v) is 3.08. The third-order valence-electron chi connectivity index (χ3n) is 2.44. The molecule has 0 spiro atoms. The standard InChI is InChI=1S/C13H11BrN2O2/c14-9-5-3-7-11(12(9)17)16-13(18)8-4-1-2-6-10(8)15/h1-7,17H,15H2,(H,16,18). The van der Waals surface area contributed by atoms with Crippen molar-refractivity contribution in [2.24, 2.45) is 0 Å². The topological polar surface area (TPSA) is 75.4 Å². The summed E-state index contributed by atoms with van der Waals surface area (Å²) in [5.74, 6) is -0.373. The highest BCUT2D eigenvalue weighted by Gasteiger charge is 2.12. The van der Waals surface area contributed by atoms with Crippen molar-refractivity contribution in [1.82, 2.24) is 0 Å². The van der Waals surface area contributed by atoms with Gasteiger partial charge in [0.15, 0.2) is 5.75 Å². The van der Waals surface area contributed by atoms with Crippen LogP contribution in [0.25, 0.3) is 0 Å². The van der Waals surface area contributed by atoms with Crippen LogP contribution in [0.4, 0.5) is 11.4 Å². The quantitative estimate of drug-likeness (QED) is 0.590. The number of halogens is 1. The molecule has 0 saturated heterocycles. The van der Waals surface area contributed by atoms with Crippen LogP contribution in [-0.2, 0) is 0 Å². The van der Waals surface area contributed by atoms with E-state index in [9.17, 15) is 9.90 Å². The number of hydrogen-bond donors (Lipinski definition) is 3. The van der Waals surface area contributed by atoms with E-state index >= 15 is 0 Å². The van der Waals surface area contributed by atoms with E-state index in [4.69, 9.17) is 5.73 Å². The molecule has 0 bridgehead atoms. The SMILES string of the molecule is Nc1ccccc1C(=O)Nc1cccc(Br)c1O. The number of carbonyl (C=O) groups is 1. The Kier molecular flexibility index (Phi) is 3.53. The van der Waals surface area contributed by atoms with E-state index < -0.39 is 0 Å². The van der Waals surface area contributed by atoms with Gasteiger partial charge < -0.3 is 16.2 Å². The molecule has 0 radical (unpaired) electrons. The summed E-state index contributed by atoms with van der Waals surface area (Å²) in [6.07, 6.45) is 0. The second-order valence-corrected chi connectivity index (χ2v) is 4.53. The van der Waals surface area contributed by atoms with Gasteiger partial charge in [0.1, 0.15) is 0 Å². The Balaban J connectivity index is 2.27. The molecule has 0 saturated carbocycles. The summed E-state index contributed by atoms with van der Waals surface area (Å²) in [7, 11) is 0. The zero-order valence-corrected chi connectivity index (χ0v) is 10.9. The van der Waals surface area contributed by atoms with E-state index in [2.05, 4.69) is 21.2 Å². The summed E-state index contributed by atoms with van der Waals surface area (Å²) in [6, 6.07) is 11.8. The van der Waals surface area contributed by atoms with Gasteiger partial charge in [-0.2, -0.15) is 0 Å². The first-order chi connectivity index (χ1) is 8.59. The van der Waals surface area contributed by atoms with Crippen molar-refractivity contribution in [3.05, 3.63) is 52.5 Å². The van der Waals surface area contributed by atoms with Crippen LogP contribution >= 0.6 is 15.9 Å². The van der Waals surface area contributed by atoms with Gasteiger partial charge in [0, 0.05) is 5.69 Å². The maximum atomic E-state index is 12.0. The van der Waals surface area contributed by atoms with Gasteiger partial charge in [-0.1, -0.05) is 18.2 Å². The lowest BCUT2D eigenvalue weighted by atomic mass is 10.1. The maximum absolute atomic E-state index is 12.0. The lowest BCUT2D eigenvalue weighted by Gasteiger charge is -2.09. The van der Waals surface area contributed by atoms with Gasteiger partial charge in [-0.05, 0) is 40.2 Å². The van der Waals surface area contributed by atoms with Crippen LogP contribution in [0.15, 0.2) is 46.9 Å². The number of rotatable bonds is 2. The molecule has 0 aliphatic heterocycles. The van der Waals surface area contributed by atoms with Crippen LogP contribution in [0.1, 0.15) is 10.4 Å². The molecule has 0 fully saturated rings. The van der Waals surface area contributed by atoms with Crippen molar-refractivity contribution in [1.29, 1.82) is 0 Å². The Morgan fingerprint density at radius 2 is 1.89 bits per heavy atom. The van der Waals surface area contributed by atoms with Crippen molar-refractivity contribution in [2.45, 2.75) is 0 Å². The van der Waals surface area contributed by atoms with Gasteiger partial charge in [-0.25, -0.2) is 0 Å². The van der Waals surface area contributed by atoms with E-state index in [1.54, 1.807) is 42.5 Å². The zero-order valence-electron chi connectivity index (χ0n) is 9.35. The summed E-state index contributed by atoms with van der Waals surface area (Å²) in [6.45, 7) is 0. The molecule has 0 aromatic heterocycles. The number of phenolic OH excluding ortho intramolecular Hbond substituents is 1. The molecule has 18 heavy (non-hydrogen) atoms. The summed E-state index contributed by atoms with van der Waals surface area (Å²) >= 11 is 3.18. The number of amides is 1. The number of nitrogens with one attached hydrogen (secondary N) is 1. The first kappa shape index (κ1) is 12.4. The Morgan fingerprint density at radius 3 is 2.61 bits per heavy atom. The fourth-order valence-electron chi connectivity index (χ4n) is 1.51. The molecular formula is C13H11BrN2O2. The number of nitrogens with two attached hydrogens (primary N) is 1. The van der Waals surface area contributed by atoms with E-state index in [1.807, 2.05) is 0 Å². The number of benzene rings is 2. The molecule has 4 N–H and O–H groups in total. The minimum atomic E-state index is -0.360. The molecule has 92 valence electrons. The van der Waals surface area contributed by atoms with Crippen molar-refractivity contribution in [2.75, 3.05) is 11.1 Å². The molecule has 0 aliphatic rings. The fraction of sp³-hybridized carbons (Fsp3) is 0. The molecule has 5 heteroatoms. The zero-order chi connectivity index (χ0) is 13.1. The van der Waals surface area contributed by atoms with Crippen molar-refractivity contribution in [3.63, 3.8) is 0 Å². The average Bonchev–Trinajstić information content (AvgIpc) is 2.35. The molecule has 2 aromatic rings. The first-order valence-electron chi connectivity index (χ1n) is 5.23. The smallest absolute Gasteiger partial charge is 0.257 e. The largest absolute Gasteiger partial charge is 0.505 e. The second-order valence-electron chi connectivity index (χ2n) is 3.68. The number of nitrogen functional groups attached to an aromatic ring is 1. The van der Waals surface area contributed by atoms with Gasteiger partial charge in [0.25, 0.3) is 5.91 Å². The summed E-state index contributed by atoms with van der Waals surface area (Å²) in [5.41, 5.74) is 6.81. The monoisotopic (exact) mass is 306 g/mol. The third kappa shape index (κ3) is 2.46. The summed E-state index contributed by atoms with van der Waals surface area (Å²) in [4.78, 5) is 12.0. The highest BCUT2D eigenvalue weighted by Crippen LogP contribution is 2.31. The Hall–Kier alpha value is -2.01. The molecular weight excluding hydrogens is 296 g/mol. The number of para-hydroxylation sites is 2. The van der Waals surface area contributed by atoms with Crippen LogP contribution in [-0.4, -0.2) is 11.0 Å². The first-order valence-corrected chi connectivity index (χ1v) is 6.02. The highest BCUT2D eigenvalue weighted by atomic mass is 79.9. The van der Waals surface area contributed by atoms with Crippen molar-refractivity contribution in [3.8, 4) is 5.75 Å². The van der Waals surface area contributed by atoms with Crippen molar-refractivity contribution >= 4 is 33.2 Å². The molecule has 2 aromatic carbocycles. The Labute approximate surface area is 113 Å². The highest BCUT2D eigenvalue weighted by molar-refractivity contribution is 9.10. The normalized spacial score (nSPS) is 10.1. The minimum Gasteiger partial charge on any atom is -0.505 e. The summed E-state index contributed by atoms with van der Waals surface area (Å²) < 4.78 is 0.515. The van der Waals surface area contributed by atoms with Gasteiger partial charge in [-0.15, -0.1) is 0 Å². The molecule has 1 amide bonds. The summed E-state index contributed by atoms with van der Waals surface area (Å²) in [5, 5.41) is 12.4.